The Kier molecular flexibility index (Phi) is 4.90. The van der Waals surface area contributed by atoms with Gasteiger partial charge in [-0.05, 0) is 29.6 Å². The van der Waals surface area contributed by atoms with Crippen LogP contribution in [0.4, 0.5) is 18.9 Å². The summed E-state index contributed by atoms with van der Waals surface area (Å²) in [6, 6.07) is 6.48. The van der Waals surface area contributed by atoms with Crippen molar-refractivity contribution in [3.05, 3.63) is 52.5 Å². The van der Waals surface area contributed by atoms with Gasteiger partial charge in [0.05, 0.1) is 18.0 Å². The minimum Gasteiger partial charge on any atom is -0.339 e. The van der Waals surface area contributed by atoms with Gasteiger partial charge in [-0.2, -0.15) is 29.5 Å². The number of hydrogen-bond donors (Lipinski definition) is 1. The molecule has 0 atom stereocenters. The van der Waals surface area contributed by atoms with Crippen molar-refractivity contribution in [2.24, 2.45) is 0 Å². The summed E-state index contributed by atoms with van der Waals surface area (Å²) in [5.41, 5.74) is 0.220. The van der Waals surface area contributed by atoms with Crippen LogP contribution in [0.3, 0.4) is 0 Å². The number of rotatable bonds is 5. The Balaban J connectivity index is 1.28. The summed E-state index contributed by atoms with van der Waals surface area (Å²) in [6.07, 6.45) is -4.45. The van der Waals surface area contributed by atoms with Crippen molar-refractivity contribution >= 4 is 22.9 Å². The van der Waals surface area contributed by atoms with E-state index in [9.17, 15) is 18.0 Å². The molecule has 4 rings (SSSR count). The maximum Gasteiger partial charge on any atom is 0.416 e. The Labute approximate surface area is 162 Å². The molecule has 1 saturated heterocycles. The Morgan fingerprint density at radius 3 is 2.86 bits per heavy atom. The summed E-state index contributed by atoms with van der Waals surface area (Å²) >= 11 is 1.55. The Bertz CT molecular complexity index is 965. The molecule has 1 aliphatic rings. The smallest absolute Gasteiger partial charge is 0.339 e. The number of aromatic nitrogens is 2. The molecule has 6 nitrogen and oxygen atoms in total. The molecule has 1 fully saturated rings. The third kappa shape index (κ3) is 4.07. The van der Waals surface area contributed by atoms with E-state index in [1.807, 2.05) is 21.7 Å². The van der Waals surface area contributed by atoms with Gasteiger partial charge in [0.2, 0.25) is 17.6 Å². The zero-order chi connectivity index (χ0) is 19.7. The van der Waals surface area contributed by atoms with E-state index < -0.39 is 11.7 Å². The number of anilines is 1. The van der Waals surface area contributed by atoms with Gasteiger partial charge < -0.3 is 9.84 Å². The van der Waals surface area contributed by atoms with Crippen molar-refractivity contribution in [1.82, 2.24) is 15.0 Å². The minimum absolute atomic E-state index is 0.0428. The summed E-state index contributed by atoms with van der Waals surface area (Å²) in [5.74, 6) is 0.733. The zero-order valence-corrected chi connectivity index (χ0v) is 15.3. The second-order valence-corrected chi connectivity index (χ2v) is 7.27. The number of amides is 1. The maximum atomic E-state index is 12.7. The van der Waals surface area contributed by atoms with E-state index in [0.29, 0.717) is 24.8 Å². The molecule has 3 aromatic rings. The molecule has 2 aromatic heterocycles. The number of nitrogens with zero attached hydrogens (tertiary/aromatic N) is 3. The molecule has 3 heterocycles. The first-order chi connectivity index (χ1) is 13.4. The minimum atomic E-state index is -4.45. The Morgan fingerprint density at radius 2 is 2.14 bits per heavy atom. The monoisotopic (exact) mass is 408 g/mol. The normalized spacial score (nSPS) is 15.4. The highest BCUT2D eigenvalue weighted by Crippen LogP contribution is 2.31. The van der Waals surface area contributed by atoms with Crippen LogP contribution in [-0.2, 0) is 11.0 Å². The number of alkyl halides is 3. The van der Waals surface area contributed by atoms with Gasteiger partial charge in [0, 0.05) is 29.7 Å². The largest absolute Gasteiger partial charge is 0.416 e. The van der Waals surface area contributed by atoms with Crippen LogP contribution < -0.4 is 5.32 Å². The molecular formula is C18H15F3N4O2S. The number of nitrogens with one attached hydrogen (secondary N) is 1. The molecule has 0 unspecified atom stereocenters. The molecule has 0 spiro atoms. The van der Waals surface area contributed by atoms with Gasteiger partial charge in [-0.25, -0.2) is 0 Å². The number of hydrogen-bond acceptors (Lipinski definition) is 6. The summed E-state index contributed by atoms with van der Waals surface area (Å²) in [6.45, 7) is 1.22. The van der Waals surface area contributed by atoms with Crippen LogP contribution in [0.25, 0.3) is 11.4 Å². The lowest BCUT2D eigenvalue weighted by Gasteiger charge is -2.36. The second kappa shape index (κ2) is 7.36. The summed E-state index contributed by atoms with van der Waals surface area (Å²) in [5, 5.41) is 10.3. The zero-order valence-electron chi connectivity index (χ0n) is 14.4. The van der Waals surface area contributed by atoms with Crippen molar-refractivity contribution < 1.29 is 22.5 Å². The van der Waals surface area contributed by atoms with E-state index >= 15 is 0 Å². The van der Waals surface area contributed by atoms with Crippen molar-refractivity contribution in [3.63, 3.8) is 0 Å². The van der Waals surface area contributed by atoms with E-state index in [1.54, 1.807) is 11.3 Å². The lowest BCUT2D eigenvalue weighted by atomic mass is 10.0. The van der Waals surface area contributed by atoms with Gasteiger partial charge >= 0.3 is 6.18 Å². The van der Waals surface area contributed by atoms with Gasteiger partial charge in [-0.3, -0.25) is 9.69 Å². The fourth-order valence-corrected chi connectivity index (χ4v) is 3.58. The van der Waals surface area contributed by atoms with E-state index in [2.05, 4.69) is 15.5 Å². The quantitative estimate of drug-likeness (QED) is 0.694. The molecule has 1 aromatic carbocycles. The standard InChI is InChI=1S/C18H15F3N4O2S/c19-18(20,21)13-2-1-3-14(6-13)22-15(26)9-25-7-12(8-25)17-23-16(24-27-17)11-4-5-28-10-11/h1-6,10,12H,7-9H2,(H,22,26). The Hall–Kier alpha value is -2.72. The molecule has 0 bridgehead atoms. The third-order valence-corrected chi connectivity index (χ3v) is 5.05. The van der Waals surface area contributed by atoms with E-state index in [4.69, 9.17) is 4.52 Å². The number of likely N-dealkylation sites (tertiary alicyclic amines) is 1. The van der Waals surface area contributed by atoms with Crippen molar-refractivity contribution in [1.29, 1.82) is 0 Å². The molecule has 0 aliphatic carbocycles. The predicted octanol–water partition coefficient (Wildman–Crippen LogP) is 3.85. The average Bonchev–Trinajstić information content (AvgIpc) is 3.28. The van der Waals surface area contributed by atoms with Crippen LogP contribution in [0.5, 0.6) is 0 Å². The van der Waals surface area contributed by atoms with Crippen LogP contribution in [0.1, 0.15) is 17.4 Å². The number of benzene rings is 1. The lowest BCUT2D eigenvalue weighted by Crippen LogP contribution is -2.48. The van der Waals surface area contributed by atoms with Gasteiger partial charge in [-0.15, -0.1) is 0 Å². The van der Waals surface area contributed by atoms with Crippen molar-refractivity contribution in [2.45, 2.75) is 12.1 Å². The SMILES string of the molecule is O=C(CN1CC(c2nc(-c3ccsc3)no2)C1)Nc1cccc(C(F)(F)F)c1. The molecular weight excluding hydrogens is 393 g/mol. The van der Waals surface area contributed by atoms with Crippen LogP contribution in [-0.4, -0.2) is 40.6 Å². The molecule has 146 valence electrons. The third-order valence-electron chi connectivity index (χ3n) is 4.37. The van der Waals surface area contributed by atoms with Gasteiger partial charge in [0.15, 0.2) is 0 Å². The molecule has 1 N–H and O–H groups in total. The first-order valence-electron chi connectivity index (χ1n) is 8.44. The number of halogens is 3. The van der Waals surface area contributed by atoms with Gasteiger partial charge in [-0.1, -0.05) is 11.2 Å². The van der Waals surface area contributed by atoms with Gasteiger partial charge in [0.1, 0.15) is 0 Å². The first-order valence-corrected chi connectivity index (χ1v) is 9.38. The molecule has 28 heavy (non-hydrogen) atoms. The second-order valence-electron chi connectivity index (χ2n) is 6.49. The average molecular weight is 408 g/mol. The topological polar surface area (TPSA) is 71.3 Å². The van der Waals surface area contributed by atoms with E-state index in [-0.39, 0.29) is 24.1 Å². The first kappa shape index (κ1) is 18.6. The van der Waals surface area contributed by atoms with Crippen molar-refractivity contribution in [2.75, 3.05) is 25.0 Å². The number of carbonyl (C=O) groups excluding carboxylic acids is 1. The molecule has 1 amide bonds. The highest BCUT2D eigenvalue weighted by atomic mass is 32.1. The van der Waals surface area contributed by atoms with Crippen LogP contribution >= 0.6 is 11.3 Å². The summed E-state index contributed by atoms with van der Waals surface area (Å²) in [7, 11) is 0. The van der Waals surface area contributed by atoms with E-state index in [1.165, 1.54) is 12.1 Å². The molecule has 1 aliphatic heterocycles. The van der Waals surface area contributed by atoms with E-state index in [0.717, 1.165) is 17.7 Å². The van der Waals surface area contributed by atoms with Crippen molar-refractivity contribution in [3.8, 4) is 11.4 Å². The fourth-order valence-electron chi connectivity index (χ4n) is 2.94. The maximum absolute atomic E-state index is 12.7. The van der Waals surface area contributed by atoms with Crippen LogP contribution in [0.2, 0.25) is 0 Å². The summed E-state index contributed by atoms with van der Waals surface area (Å²) in [4.78, 5) is 18.3. The number of thiophene rings is 1. The molecule has 0 saturated carbocycles. The van der Waals surface area contributed by atoms with Crippen LogP contribution in [0, 0.1) is 0 Å². The molecule has 0 radical (unpaired) electrons. The van der Waals surface area contributed by atoms with Crippen LogP contribution in [0.15, 0.2) is 45.6 Å². The number of carbonyl (C=O) groups is 1. The van der Waals surface area contributed by atoms with Gasteiger partial charge in [0.25, 0.3) is 0 Å². The molecule has 10 heteroatoms. The highest BCUT2D eigenvalue weighted by molar-refractivity contribution is 7.08. The predicted molar refractivity (Wildman–Crippen MR) is 96.9 cm³/mol. The fraction of sp³-hybridized carbons (Fsp3) is 0.278. The highest BCUT2D eigenvalue weighted by Gasteiger charge is 2.34. The lowest BCUT2D eigenvalue weighted by molar-refractivity contribution is -0.137. The Morgan fingerprint density at radius 1 is 1.32 bits per heavy atom. The summed E-state index contributed by atoms with van der Waals surface area (Å²) < 4.78 is 43.5.